The van der Waals surface area contributed by atoms with Crippen LogP contribution in [0.15, 0.2) is 24.3 Å². The number of nitrogens with one attached hydrogen (secondary N) is 2. The topological polar surface area (TPSA) is 85.1 Å². The van der Waals surface area contributed by atoms with Crippen LogP contribution in [-0.2, 0) is 11.3 Å². The minimum atomic E-state index is -0.278. The highest BCUT2D eigenvalue weighted by Gasteiger charge is 2.06. The maximum atomic E-state index is 13.1. The molecule has 6 nitrogen and oxygen atoms in total. The first kappa shape index (κ1) is 14.2. The molecule has 0 aliphatic heterocycles. The normalized spacial score (nSPS) is 10.4. The van der Waals surface area contributed by atoms with Gasteiger partial charge in [-0.3, -0.25) is 0 Å². The van der Waals surface area contributed by atoms with E-state index in [9.17, 15) is 4.39 Å². The number of ether oxygens (including phenoxy) is 1. The summed E-state index contributed by atoms with van der Waals surface area (Å²) < 4.78 is 18.1. The smallest absolute Gasteiger partial charge is 0.158 e. The van der Waals surface area contributed by atoms with E-state index >= 15 is 0 Å². The summed E-state index contributed by atoms with van der Waals surface area (Å²) in [5.41, 5.74) is 4.01. The molecule has 1 aromatic heterocycles. The molecule has 2 aromatic rings. The third-order valence-electron chi connectivity index (χ3n) is 2.64. The molecule has 20 heavy (non-hydrogen) atoms. The minimum Gasteiger partial charge on any atom is -0.377 e. The molecular weight excluding hydrogens is 261 g/mol. The van der Waals surface area contributed by atoms with Crippen molar-refractivity contribution in [1.82, 2.24) is 9.97 Å². The Morgan fingerprint density at radius 2 is 2.00 bits per heavy atom. The molecule has 0 bridgehead atoms. The number of rotatable bonds is 5. The molecule has 0 fully saturated rings. The lowest BCUT2D eigenvalue weighted by atomic mass is 10.2. The van der Waals surface area contributed by atoms with Gasteiger partial charge in [0, 0.05) is 18.9 Å². The summed E-state index contributed by atoms with van der Waals surface area (Å²) in [5, 5.41) is 3.10. The van der Waals surface area contributed by atoms with E-state index in [1.54, 1.807) is 19.2 Å². The van der Waals surface area contributed by atoms with E-state index in [1.807, 2.05) is 6.92 Å². The standard InChI is InChI=1S/C13H16FN5O/c1-8-5-9(14)3-4-10(8)16-11-6-12(19-15)18-13(17-11)7-20-2/h3-6H,7,15H2,1-2H3,(H2,16,17,18,19). The number of anilines is 3. The van der Waals surface area contributed by atoms with Gasteiger partial charge < -0.3 is 15.5 Å². The van der Waals surface area contributed by atoms with Crippen molar-refractivity contribution >= 4 is 17.3 Å². The number of halogens is 1. The van der Waals surface area contributed by atoms with Crippen LogP contribution < -0.4 is 16.6 Å². The first-order chi connectivity index (χ1) is 9.62. The fraction of sp³-hybridized carbons (Fsp3) is 0.231. The molecule has 0 saturated carbocycles. The number of methoxy groups -OCH3 is 1. The lowest BCUT2D eigenvalue weighted by Gasteiger charge is -2.11. The van der Waals surface area contributed by atoms with Crippen LogP contribution in [0.3, 0.4) is 0 Å². The Labute approximate surface area is 116 Å². The van der Waals surface area contributed by atoms with Crippen molar-refractivity contribution in [3.05, 3.63) is 41.5 Å². The van der Waals surface area contributed by atoms with Crippen molar-refractivity contribution in [2.24, 2.45) is 5.84 Å². The Balaban J connectivity index is 2.29. The van der Waals surface area contributed by atoms with Crippen LogP contribution in [0, 0.1) is 12.7 Å². The number of nitrogens with zero attached hydrogens (tertiary/aromatic N) is 2. The third kappa shape index (κ3) is 3.40. The van der Waals surface area contributed by atoms with Gasteiger partial charge in [-0.15, -0.1) is 0 Å². The van der Waals surface area contributed by atoms with E-state index in [0.717, 1.165) is 11.3 Å². The van der Waals surface area contributed by atoms with E-state index < -0.39 is 0 Å². The second-order valence-electron chi connectivity index (χ2n) is 4.22. The molecule has 106 valence electrons. The Hall–Kier alpha value is -2.25. The second-order valence-corrected chi connectivity index (χ2v) is 4.22. The van der Waals surface area contributed by atoms with E-state index in [0.29, 0.717) is 17.5 Å². The van der Waals surface area contributed by atoms with Crippen LogP contribution in [0.5, 0.6) is 0 Å². The summed E-state index contributed by atoms with van der Waals surface area (Å²) in [5.74, 6) is 6.60. The summed E-state index contributed by atoms with van der Waals surface area (Å²) >= 11 is 0. The molecule has 0 saturated heterocycles. The number of aromatic nitrogens is 2. The number of nitrogen functional groups attached to an aromatic ring is 1. The molecule has 0 radical (unpaired) electrons. The van der Waals surface area contributed by atoms with Crippen LogP contribution in [0.2, 0.25) is 0 Å². The molecule has 0 atom stereocenters. The SMILES string of the molecule is COCc1nc(NN)cc(Nc2ccc(F)cc2C)n1. The van der Waals surface area contributed by atoms with Gasteiger partial charge in [-0.2, -0.15) is 0 Å². The van der Waals surface area contributed by atoms with Crippen LogP contribution in [0.4, 0.5) is 21.7 Å². The maximum absolute atomic E-state index is 13.1. The predicted molar refractivity (Wildman–Crippen MR) is 75.0 cm³/mol. The fourth-order valence-corrected chi connectivity index (χ4v) is 1.73. The highest BCUT2D eigenvalue weighted by Crippen LogP contribution is 2.21. The molecule has 0 aliphatic rings. The van der Waals surface area contributed by atoms with Crippen molar-refractivity contribution in [2.75, 3.05) is 17.9 Å². The molecule has 1 heterocycles. The zero-order valence-electron chi connectivity index (χ0n) is 11.3. The highest BCUT2D eigenvalue weighted by molar-refractivity contribution is 5.62. The maximum Gasteiger partial charge on any atom is 0.158 e. The first-order valence-electron chi connectivity index (χ1n) is 5.99. The summed E-state index contributed by atoms with van der Waals surface area (Å²) in [6.07, 6.45) is 0. The van der Waals surface area contributed by atoms with Crippen molar-refractivity contribution in [3.8, 4) is 0 Å². The Morgan fingerprint density at radius 3 is 2.65 bits per heavy atom. The number of benzene rings is 1. The average Bonchev–Trinajstić information content (AvgIpc) is 2.42. The molecular formula is C13H16FN5O. The van der Waals surface area contributed by atoms with Gasteiger partial charge in [-0.25, -0.2) is 20.2 Å². The van der Waals surface area contributed by atoms with Gasteiger partial charge in [0.2, 0.25) is 0 Å². The van der Waals surface area contributed by atoms with Gasteiger partial charge >= 0.3 is 0 Å². The summed E-state index contributed by atoms with van der Waals surface area (Å²) in [4.78, 5) is 8.44. The van der Waals surface area contributed by atoms with Crippen LogP contribution in [0.1, 0.15) is 11.4 Å². The molecule has 0 spiro atoms. The zero-order valence-corrected chi connectivity index (χ0v) is 11.3. The van der Waals surface area contributed by atoms with Crippen molar-refractivity contribution in [3.63, 3.8) is 0 Å². The van der Waals surface area contributed by atoms with Crippen LogP contribution in [-0.4, -0.2) is 17.1 Å². The largest absolute Gasteiger partial charge is 0.377 e. The van der Waals surface area contributed by atoms with Gasteiger partial charge in [0.05, 0.1) is 0 Å². The number of nitrogens with two attached hydrogens (primary N) is 1. The molecule has 0 unspecified atom stereocenters. The van der Waals surface area contributed by atoms with Crippen LogP contribution >= 0.6 is 0 Å². The fourth-order valence-electron chi connectivity index (χ4n) is 1.73. The summed E-state index contributed by atoms with van der Waals surface area (Å²) in [6, 6.07) is 6.14. The zero-order chi connectivity index (χ0) is 14.5. The Morgan fingerprint density at radius 1 is 1.25 bits per heavy atom. The number of hydrazine groups is 1. The van der Waals surface area contributed by atoms with Crippen molar-refractivity contribution in [2.45, 2.75) is 13.5 Å². The van der Waals surface area contributed by atoms with E-state index in [2.05, 4.69) is 20.7 Å². The van der Waals surface area contributed by atoms with Gasteiger partial charge in [0.25, 0.3) is 0 Å². The number of hydrogen-bond donors (Lipinski definition) is 3. The predicted octanol–water partition coefficient (Wildman–Crippen LogP) is 2.10. The van der Waals surface area contributed by atoms with Gasteiger partial charge in [0.15, 0.2) is 5.82 Å². The summed E-state index contributed by atoms with van der Waals surface area (Å²) in [7, 11) is 1.56. The van der Waals surface area contributed by atoms with Gasteiger partial charge in [0.1, 0.15) is 24.1 Å². The lowest BCUT2D eigenvalue weighted by molar-refractivity contribution is 0.178. The number of aryl methyl sites for hydroxylation is 1. The van der Waals surface area contributed by atoms with Crippen molar-refractivity contribution in [1.29, 1.82) is 0 Å². The molecule has 7 heteroatoms. The second kappa shape index (κ2) is 6.27. The van der Waals surface area contributed by atoms with E-state index in [4.69, 9.17) is 10.6 Å². The number of hydrogen-bond acceptors (Lipinski definition) is 6. The van der Waals surface area contributed by atoms with Gasteiger partial charge in [-0.1, -0.05) is 0 Å². The molecule has 1 aromatic carbocycles. The van der Waals surface area contributed by atoms with Crippen LogP contribution in [0.25, 0.3) is 0 Å². The van der Waals surface area contributed by atoms with Gasteiger partial charge in [-0.05, 0) is 30.7 Å². The monoisotopic (exact) mass is 277 g/mol. The summed E-state index contributed by atoms with van der Waals surface area (Å²) in [6.45, 7) is 2.08. The Kier molecular flexibility index (Phi) is 4.44. The molecule has 0 aliphatic carbocycles. The van der Waals surface area contributed by atoms with E-state index in [-0.39, 0.29) is 12.4 Å². The molecule has 2 rings (SSSR count). The third-order valence-corrected chi connectivity index (χ3v) is 2.64. The molecule has 4 N–H and O–H groups in total. The highest BCUT2D eigenvalue weighted by atomic mass is 19.1. The van der Waals surface area contributed by atoms with E-state index in [1.165, 1.54) is 12.1 Å². The quantitative estimate of drug-likeness (QED) is 0.573. The lowest BCUT2D eigenvalue weighted by Crippen LogP contribution is -2.12. The van der Waals surface area contributed by atoms with Crippen molar-refractivity contribution < 1.29 is 9.13 Å². The Bertz CT molecular complexity index is 605. The first-order valence-corrected chi connectivity index (χ1v) is 5.99. The minimum absolute atomic E-state index is 0.270. The molecule has 0 amide bonds. The average molecular weight is 277 g/mol.